The van der Waals surface area contributed by atoms with E-state index in [2.05, 4.69) is 10.4 Å². The van der Waals surface area contributed by atoms with Crippen LogP contribution in [0, 0.1) is 5.82 Å². The van der Waals surface area contributed by atoms with Crippen LogP contribution in [0.5, 0.6) is 0 Å². The fourth-order valence-electron chi connectivity index (χ4n) is 3.41. The van der Waals surface area contributed by atoms with Crippen LogP contribution in [0.2, 0.25) is 0 Å². The normalized spacial score (nSPS) is 15.6. The van der Waals surface area contributed by atoms with Crippen LogP contribution in [-0.4, -0.2) is 38.4 Å². The Morgan fingerprint density at radius 3 is 2.77 bits per heavy atom. The average Bonchev–Trinajstić information content (AvgIpc) is 3.29. The summed E-state index contributed by atoms with van der Waals surface area (Å²) in [7, 11) is -0.985. The number of carbonyl (C=O) groups is 1. The summed E-state index contributed by atoms with van der Waals surface area (Å²) < 4.78 is 33.8. The van der Waals surface area contributed by atoms with Gasteiger partial charge in [-0.3, -0.25) is 9.00 Å². The lowest BCUT2D eigenvalue weighted by Gasteiger charge is -2.21. The van der Waals surface area contributed by atoms with E-state index < -0.39 is 22.5 Å². The van der Waals surface area contributed by atoms with E-state index in [1.165, 1.54) is 16.8 Å². The molecule has 0 saturated carbocycles. The van der Waals surface area contributed by atoms with Crippen LogP contribution in [0.1, 0.15) is 28.8 Å². The van der Waals surface area contributed by atoms with E-state index in [9.17, 15) is 13.4 Å². The summed E-state index contributed by atoms with van der Waals surface area (Å²) in [5, 5.41) is 6.93. The van der Waals surface area contributed by atoms with Crippen LogP contribution in [0.3, 0.4) is 0 Å². The number of hydrogen-bond acceptors (Lipinski definition) is 4. The molecule has 2 aromatic carbocycles. The number of benzene rings is 2. The van der Waals surface area contributed by atoms with E-state index >= 15 is 0 Å². The number of nitrogens with zero attached hydrogens (tertiary/aromatic N) is 2. The standard InChI is InChI=1S/C22H22FN3O3S/c23-20-14-17(5-6-21(20)26-10-2-9-24-26)22(27)25-18-4-1-3-16(13-18)15-30(28)19-7-11-29-12-8-19/h1-6,9-10,13-14,19H,7-8,11-12,15H2,(H,25,27). The number of nitrogens with one attached hydrogen (secondary N) is 1. The molecule has 3 aromatic rings. The first-order valence-electron chi connectivity index (χ1n) is 9.75. The van der Waals surface area contributed by atoms with E-state index in [0.29, 0.717) is 24.7 Å². The Balaban J connectivity index is 1.43. The van der Waals surface area contributed by atoms with Gasteiger partial charge in [-0.15, -0.1) is 0 Å². The van der Waals surface area contributed by atoms with Crippen LogP contribution < -0.4 is 5.32 Å². The molecular formula is C22H22FN3O3S. The third-order valence-electron chi connectivity index (χ3n) is 4.99. The van der Waals surface area contributed by atoms with E-state index in [4.69, 9.17) is 4.74 Å². The van der Waals surface area contributed by atoms with Gasteiger partial charge in [-0.25, -0.2) is 9.07 Å². The number of ether oxygens (including phenoxy) is 1. The topological polar surface area (TPSA) is 73.2 Å². The van der Waals surface area contributed by atoms with Gasteiger partial charge >= 0.3 is 0 Å². The molecule has 0 bridgehead atoms. The number of halogens is 1. The van der Waals surface area contributed by atoms with Crippen LogP contribution >= 0.6 is 0 Å². The van der Waals surface area contributed by atoms with Crippen LogP contribution in [0.15, 0.2) is 60.9 Å². The van der Waals surface area contributed by atoms with Gasteiger partial charge < -0.3 is 10.1 Å². The maximum absolute atomic E-state index is 14.4. The molecule has 6 nitrogen and oxygen atoms in total. The smallest absolute Gasteiger partial charge is 0.255 e. The second kappa shape index (κ2) is 9.32. The van der Waals surface area contributed by atoms with Crippen molar-refractivity contribution in [1.29, 1.82) is 0 Å². The van der Waals surface area contributed by atoms with Gasteiger partial charge in [0.05, 0.1) is 0 Å². The summed E-state index contributed by atoms with van der Waals surface area (Å²) in [6, 6.07) is 13.2. The molecule has 8 heteroatoms. The van der Waals surface area contributed by atoms with E-state index in [0.717, 1.165) is 18.4 Å². The van der Waals surface area contributed by atoms with Gasteiger partial charge in [-0.2, -0.15) is 5.10 Å². The second-order valence-electron chi connectivity index (χ2n) is 7.11. The Kier molecular flexibility index (Phi) is 6.35. The number of anilines is 1. The minimum Gasteiger partial charge on any atom is -0.381 e. The van der Waals surface area contributed by atoms with Crippen molar-refractivity contribution in [2.45, 2.75) is 23.8 Å². The first-order chi connectivity index (χ1) is 14.6. The average molecular weight is 428 g/mol. The molecule has 1 N–H and O–H groups in total. The molecule has 4 rings (SSSR count). The third kappa shape index (κ3) is 4.83. The summed E-state index contributed by atoms with van der Waals surface area (Å²) >= 11 is 0. The van der Waals surface area contributed by atoms with Crippen molar-refractivity contribution >= 4 is 22.4 Å². The molecule has 1 amide bonds. The molecule has 1 aromatic heterocycles. The Hall–Kier alpha value is -2.84. The predicted octanol–water partition coefficient (Wildman–Crippen LogP) is 3.69. The minimum absolute atomic E-state index is 0.147. The number of rotatable bonds is 6. The summed E-state index contributed by atoms with van der Waals surface area (Å²) in [6.07, 6.45) is 4.81. The summed E-state index contributed by atoms with van der Waals surface area (Å²) in [4.78, 5) is 12.6. The number of carbonyl (C=O) groups excluding carboxylic acids is 1. The van der Waals surface area contributed by atoms with Crippen LogP contribution in [0.4, 0.5) is 10.1 Å². The molecule has 0 spiro atoms. The summed E-state index contributed by atoms with van der Waals surface area (Å²) in [5.41, 5.74) is 1.95. The highest BCUT2D eigenvalue weighted by molar-refractivity contribution is 7.84. The van der Waals surface area contributed by atoms with Crippen molar-refractivity contribution in [2.24, 2.45) is 0 Å². The van der Waals surface area contributed by atoms with Crippen molar-refractivity contribution in [3.05, 3.63) is 77.9 Å². The maximum atomic E-state index is 14.4. The van der Waals surface area contributed by atoms with Gasteiger partial charge in [0.2, 0.25) is 0 Å². The molecule has 2 heterocycles. The van der Waals surface area contributed by atoms with Crippen LogP contribution in [0.25, 0.3) is 5.69 Å². The molecule has 1 aliphatic heterocycles. The van der Waals surface area contributed by atoms with Crippen molar-refractivity contribution in [2.75, 3.05) is 18.5 Å². The molecule has 1 unspecified atom stereocenters. The highest BCUT2D eigenvalue weighted by Gasteiger charge is 2.20. The molecule has 1 atom stereocenters. The van der Waals surface area contributed by atoms with Gasteiger partial charge in [0, 0.05) is 58.7 Å². The fourth-order valence-corrected chi connectivity index (χ4v) is 4.87. The summed E-state index contributed by atoms with van der Waals surface area (Å²) in [6.45, 7) is 1.31. The molecule has 156 valence electrons. The van der Waals surface area contributed by atoms with Gasteiger partial charge in [0.25, 0.3) is 5.91 Å². The van der Waals surface area contributed by atoms with Gasteiger partial charge in [-0.1, -0.05) is 12.1 Å². The largest absolute Gasteiger partial charge is 0.381 e. The van der Waals surface area contributed by atoms with E-state index in [1.807, 2.05) is 18.2 Å². The van der Waals surface area contributed by atoms with Crippen molar-refractivity contribution in [1.82, 2.24) is 9.78 Å². The molecule has 30 heavy (non-hydrogen) atoms. The SMILES string of the molecule is O=C(Nc1cccc(CS(=O)C2CCOCC2)c1)c1ccc(-n2cccn2)c(F)c1. The number of amides is 1. The monoisotopic (exact) mass is 427 g/mol. The van der Waals surface area contributed by atoms with Gasteiger partial charge in [0.1, 0.15) is 11.5 Å². The highest BCUT2D eigenvalue weighted by Crippen LogP contribution is 2.20. The summed E-state index contributed by atoms with van der Waals surface area (Å²) in [5.74, 6) is -0.516. The Morgan fingerprint density at radius 2 is 2.03 bits per heavy atom. The lowest BCUT2D eigenvalue weighted by Crippen LogP contribution is -2.25. The molecule has 0 aliphatic carbocycles. The maximum Gasteiger partial charge on any atom is 0.255 e. The molecule has 1 aliphatic rings. The third-order valence-corrected chi connectivity index (χ3v) is 6.83. The highest BCUT2D eigenvalue weighted by atomic mass is 32.2. The van der Waals surface area contributed by atoms with E-state index in [-0.39, 0.29) is 16.5 Å². The number of aromatic nitrogens is 2. The van der Waals surface area contributed by atoms with Gasteiger partial charge in [-0.05, 0) is 54.8 Å². The first kappa shape index (κ1) is 20.4. The zero-order chi connectivity index (χ0) is 20.9. The number of hydrogen-bond donors (Lipinski definition) is 1. The Morgan fingerprint density at radius 1 is 1.20 bits per heavy atom. The quantitative estimate of drug-likeness (QED) is 0.651. The van der Waals surface area contributed by atoms with Crippen molar-refractivity contribution in [3.63, 3.8) is 0 Å². The predicted molar refractivity (Wildman–Crippen MR) is 114 cm³/mol. The molecule has 0 radical (unpaired) electrons. The van der Waals surface area contributed by atoms with Gasteiger partial charge in [0.15, 0.2) is 0 Å². The molecular weight excluding hydrogens is 405 g/mol. The second-order valence-corrected chi connectivity index (χ2v) is 8.82. The van der Waals surface area contributed by atoms with E-state index in [1.54, 1.807) is 30.6 Å². The zero-order valence-electron chi connectivity index (χ0n) is 16.3. The Bertz CT molecular complexity index is 1050. The lowest BCUT2D eigenvalue weighted by atomic mass is 10.1. The molecule has 1 fully saturated rings. The molecule has 1 saturated heterocycles. The van der Waals surface area contributed by atoms with Crippen LogP contribution in [-0.2, 0) is 21.3 Å². The lowest BCUT2D eigenvalue weighted by molar-refractivity contribution is 0.0991. The first-order valence-corrected chi connectivity index (χ1v) is 11.1. The minimum atomic E-state index is -0.985. The zero-order valence-corrected chi connectivity index (χ0v) is 17.1. The Labute approximate surface area is 176 Å². The van der Waals surface area contributed by atoms with Crippen molar-refractivity contribution < 1.29 is 18.1 Å². The van der Waals surface area contributed by atoms with Crippen molar-refractivity contribution in [3.8, 4) is 5.69 Å². The fraction of sp³-hybridized carbons (Fsp3) is 0.273.